The van der Waals surface area contributed by atoms with Gasteiger partial charge in [-0.2, -0.15) is 0 Å². The summed E-state index contributed by atoms with van der Waals surface area (Å²) < 4.78 is 0. The van der Waals surface area contributed by atoms with Gasteiger partial charge in [0.25, 0.3) is 0 Å². The molecule has 70 valence electrons. The number of hydrogen-bond acceptors (Lipinski definition) is 4. The van der Waals surface area contributed by atoms with Crippen LogP contribution in [0.15, 0.2) is 25.0 Å². The third kappa shape index (κ3) is 2.83. The van der Waals surface area contributed by atoms with E-state index in [0.29, 0.717) is 5.82 Å². The van der Waals surface area contributed by atoms with E-state index in [1.165, 1.54) is 0 Å². The van der Waals surface area contributed by atoms with Gasteiger partial charge in [-0.15, -0.1) is 6.58 Å². The summed E-state index contributed by atoms with van der Waals surface area (Å²) in [4.78, 5) is 8.14. The molecular formula is C9H13N3O. The molecule has 1 heterocycles. The number of hydrogen-bond donors (Lipinski definition) is 2. The molecule has 1 unspecified atom stereocenters. The lowest BCUT2D eigenvalue weighted by molar-refractivity contribution is 0.290. The molecule has 2 N–H and O–H groups in total. The summed E-state index contributed by atoms with van der Waals surface area (Å²) in [6, 6.07) is -0.170. The summed E-state index contributed by atoms with van der Waals surface area (Å²) >= 11 is 0. The molecule has 4 heteroatoms. The van der Waals surface area contributed by atoms with Crippen molar-refractivity contribution in [3.8, 4) is 0 Å². The van der Waals surface area contributed by atoms with Gasteiger partial charge >= 0.3 is 0 Å². The monoisotopic (exact) mass is 179 g/mol. The minimum absolute atomic E-state index is 0.000871. The Morgan fingerprint density at radius 2 is 2.46 bits per heavy atom. The first-order chi connectivity index (χ1) is 6.26. The molecule has 0 radical (unpaired) electrons. The van der Waals surface area contributed by atoms with Crippen molar-refractivity contribution in [1.29, 1.82) is 0 Å². The van der Waals surface area contributed by atoms with E-state index in [1.54, 1.807) is 18.5 Å². The van der Waals surface area contributed by atoms with E-state index >= 15 is 0 Å². The number of nitrogens with zero attached hydrogens (tertiary/aromatic N) is 2. The molecule has 0 amide bonds. The second kappa shape index (κ2) is 4.57. The quantitative estimate of drug-likeness (QED) is 0.669. The van der Waals surface area contributed by atoms with Gasteiger partial charge in [-0.25, -0.2) is 4.98 Å². The topological polar surface area (TPSA) is 58.0 Å². The molecule has 1 aromatic rings. The van der Waals surface area contributed by atoms with E-state index in [4.69, 9.17) is 5.11 Å². The van der Waals surface area contributed by atoms with Gasteiger partial charge in [-0.05, 0) is 6.92 Å². The SMILES string of the molecule is C=CC(CO)Nc1cncc(C)n1. The largest absolute Gasteiger partial charge is 0.394 e. The van der Waals surface area contributed by atoms with Crippen molar-refractivity contribution in [3.05, 3.63) is 30.7 Å². The van der Waals surface area contributed by atoms with Crippen LogP contribution in [0.4, 0.5) is 5.82 Å². The fourth-order valence-electron chi connectivity index (χ4n) is 0.902. The van der Waals surface area contributed by atoms with Crippen LogP contribution in [-0.2, 0) is 0 Å². The Morgan fingerprint density at radius 1 is 1.69 bits per heavy atom. The minimum atomic E-state index is -0.170. The maximum Gasteiger partial charge on any atom is 0.145 e. The summed E-state index contributed by atoms with van der Waals surface area (Å²) in [5, 5.41) is 11.9. The third-order valence-electron chi connectivity index (χ3n) is 1.57. The maximum absolute atomic E-state index is 8.87. The Hall–Kier alpha value is -1.42. The highest BCUT2D eigenvalue weighted by Crippen LogP contribution is 2.03. The van der Waals surface area contributed by atoms with Crippen LogP contribution in [-0.4, -0.2) is 27.7 Å². The maximum atomic E-state index is 8.87. The van der Waals surface area contributed by atoms with Gasteiger partial charge in [-0.3, -0.25) is 4.98 Å². The highest BCUT2D eigenvalue weighted by atomic mass is 16.3. The number of aliphatic hydroxyl groups excluding tert-OH is 1. The van der Waals surface area contributed by atoms with Crippen molar-refractivity contribution in [2.45, 2.75) is 13.0 Å². The van der Waals surface area contributed by atoms with Gasteiger partial charge in [-0.1, -0.05) is 6.08 Å². The number of rotatable bonds is 4. The van der Waals surface area contributed by atoms with Gasteiger partial charge in [0.15, 0.2) is 0 Å². The van der Waals surface area contributed by atoms with Gasteiger partial charge in [0.05, 0.1) is 24.5 Å². The van der Waals surface area contributed by atoms with Gasteiger partial charge in [0, 0.05) is 6.20 Å². The fourth-order valence-corrected chi connectivity index (χ4v) is 0.902. The zero-order valence-electron chi connectivity index (χ0n) is 7.57. The number of aromatic nitrogens is 2. The molecule has 0 spiro atoms. The van der Waals surface area contributed by atoms with Crippen molar-refractivity contribution in [2.75, 3.05) is 11.9 Å². The zero-order valence-corrected chi connectivity index (χ0v) is 7.57. The van der Waals surface area contributed by atoms with Crippen LogP contribution in [0.2, 0.25) is 0 Å². The highest BCUT2D eigenvalue weighted by molar-refractivity contribution is 5.34. The summed E-state index contributed by atoms with van der Waals surface area (Å²) in [5.74, 6) is 0.652. The number of anilines is 1. The number of nitrogens with one attached hydrogen (secondary N) is 1. The highest BCUT2D eigenvalue weighted by Gasteiger charge is 2.02. The van der Waals surface area contributed by atoms with Crippen LogP contribution in [0, 0.1) is 6.92 Å². The molecule has 0 fully saturated rings. The molecule has 1 rings (SSSR count). The van der Waals surface area contributed by atoms with E-state index in [0.717, 1.165) is 5.69 Å². The van der Waals surface area contributed by atoms with Gasteiger partial charge < -0.3 is 10.4 Å². The molecule has 13 heavy (non-hydrogen) atoms. The molecule has 0 aliphatic carbocycles. The smallest absolute Gasteiger partial charge is 0.145 e. The Kier molecular flexibility index (Phi) is 3.40. The van der Waals surface area contributed by atoms with Crippen LogP contribution >= 0.6 is 0 Å². The standard InChI is InChI=1S/C9H13N3O/c1-3-8(6-13)12-9-5-10-4-7(2)11-9/h3-5,8,13H,1,6H2,2H3,(H,11,12). The van der Waals surface area contributed by atoms with Crippen LogP contribution in [0.25, 0.3) is 0 Å². The van der Waals surface area contributed by atoms with Gasteiger partial charge in [0.2, 0.25) is 0 Å². The van der Waals surface area contributed by atoms with Crippen LogP contribution in [0.1, 0.15) is 5.69 Å². The number of aryl methyl sites for hydroxylation is 1. The average molecular weight is 179 g/mol. The second-order valence-electron chi connectivity index (χ2n) is 2.71. The predicted octanol–water partition coefficient (Wildman–Crippen LogP) is 0.744. The lowest BCUT2D eigenvalue weighted by atomic mass is 10.3. The summed E-state index contributed by atoms with van der Waals surface area (Å²) in [6.07, 6.45) is 4.91. The molecule has 4 nitrogen and oxygen atoms in total. The normalized spacial score (nSPS) is 12.2. The molecular weight excluding hydrogens is 166 g/mol. The molecule has 0 aliphatic rings. The molecule has 1 aromatic heterocycles. The summed E-state index contributed by atoms with van der Waals surface area (Å²) in [5.41, 5.74) is 0.839. The predicted molar refractivity (Wildman–Crippen MR) is 51.5 cm³/mol. The Labute approximate surface area is 77.3 Å². The Balaban J connectivity index is 2.67. The van der Waals surface area contributed by atoms with Gasteiger partial charge in [0.1, 0.15) is 5.82 Å². The average Bonchev–Trinajstić information content (AvgIpc) is 2.14. The van der Waals surface area contributed by atoms with Crippen molar-refractivity contribution >= 4 is 5.82 Å². The minimum Gasteiger partial charge on any atom is -0.394 e. The number of aliphatic hydroxyl groups is 1. The summed E-state index contributed by atoms with van der Waals surface area (Å²) in [6.45, 7) is 5.44. The van der Waals surface area contributed by atoms with E-state index in [9.17, 15) is 0 Å². The first kappa shape index (κ1) is 9.67. The van der Waals surface area contributed by atoms with Crippen molar-refractivity contribution in [2.24, 2.45) is 0 Å². The van der Waals surface area contributed by atoms with E-state index in [2.05, 4.69) is 21.9 Å². The fraction of sp³-hybridized carbons (Fsp3) is 0.333. The van der Waals surface area contributed by atoms with E-state index < -0.39 is 0 Å². The lowest BCUT2D eigenvalue weighted by Gasteiger charge is -2.11. The molecule has 0 saturated carbocycles. The first-order valence-corrected chi connectivity index (χ1v) is 4.05. The molecule has 0 aromatic carbocycles. The molecule has 0 aliphatic heterocycles. The Morgan fingerprint density at radius 3 is 3.00 bits per heavy atom. The Bertz CT molecular complexity index is 288. The van der Waals surface area contributed by atoms with E-state index in [-0.39, 0.29) is 12.6 Å². The van der Waals surface area contributed by atoms with Crippen LogP contribution in [0.3, 0.4) is 0 Å². The van der Waals surface area contributed by atoms with Crippen LogP contribution < -0.4 is 5.32 Å². The van der Waals surface area contributed by atoms with Crippen LogP contribution in [0.5, 0.6) is 0 Å². The second-order valence-corrected chi connectivity index (χ2v) is 2.71. The molecule has 0 bridgehead atoms. The first-order valence-electron chi connectivity index (χ1n) is 4.05. The lowest BCUT2D eigenvalue weighted by Crippen LogP contribution is -2.21. The summed E-state index contributed by atoms with van der Waals surface area (Å²) in [7, 11) is 0. The zero-order chi connectivity index (χ0) is 9.68. The van der Waals surface area contributed by atoms with Crippen molar-refractivity contribution < 1.29 is 5.11 Å². The molecule has 0 saturated heterocycles. The molecule has 1 atom stereocenters. The third-order valence-corrected chi connectivity index (χ3v) is 1.57. The van der Waals surface area contributed by atoms with Crippen molar-refractivity contribution in [3.63, 3.8) is 0 Å². The van der Waals surface area contributed by atoms with E-state index in [1.807, 2.05) is 6.92 Å². The van der Waals surface area contributed by atoms with Crippen molar-refractivity contribution in [1.82, 2.24) is 9.97 Å².